The minimum Gasteiger partial charge on any atom is -0.341 e. The van der Waals surface area contributed by atoms with Gasteiger partial charge in [-0.15, -0.1) is 0 Å². The lowest BCUT2D eigenvalue weighted by Gasteiger charge is -2.16. The highest BCUT2D eigenvalue weighted by Crippen LogP contribution is 2.30. The van der Waals surface area contributed by atoms with E-state index in [2.05, 4.69) is 10.0 Å². The van der Waals surface area contributed by atoms with Gasteiger partial charge in [-0.05, 0) is 54.8 Å². The molecular weight excluding hydrogens is 326 g/mol. The average molecular weight is 345 g/mol. The standard InChI is InChI=1S/C17H19N3O3S/c1-12-4-3-5-14(10-12)19-24(22,23)15-6-7-16-13(11-15)8-9-20(16)17(21)18-2/h3-7,10-11,19H,8-9H2,1-2H3,(H,18,21). The number of hydrogen-bond donors (Lipinski definition) is 2. The van der Waals surface area contributed by atoms with Gasteiger partial charge in [-0.25, -0.2) is 13.2 Å². The first kappa shape index (κ1) is 16.3. The van der Waals surface area contributed by atoms with Crippen molar-refractivity contribution in [1.29, 1.82) is 0 Å². The Labute approximate surface area is 141 Å². The highest BCUT2D eigenvalue weighted by Gasteiger charge is 2.26. The van der Waals surface area contributed by atoms with Crippen molar-refractivity contribution in [2.45, 2.75) is 18.2 Å². The molecule has 0 aromatic heterocycles. The Morgan fingerprint density at radius 1 is 1.17 bits per heavy atom. The zero-order valence-electron chi connectivity index (χ0n) is 13.5. The number of aryl methyl sites for hydroxylation is 1. The van der Waals surface area contributed by atoms with Crippen molar-refractivity contribution in [2.24, 2.45) is 0 Å². The number of nitrogens with zero attached hydrogens (tertiary/aromatic N) is 1. The lowest BCUT2D eigenvalue weighted by atomic mass is 10.2. The van der Waals surface area contributed by atoms with Gasteiger partial charge >= 0.3 is 6.03 Å². The summed E-state index contributed by atoms with van der Waals surface area (Å²) >= 11 is 0. The number of hydrogen-bond acceptors (Lipinski definition) is 3. The third kappa shape index (κ3) is 3.07. The number of carbonyl (C=O) groups excluding carboxylic acids is 1. The van der Waals surface area contributed by atoms with Crippen LogP contribution in [0.25, 0.3) is 0 Å². The molecule has 0 radical (unpaired) electrons. The Kier molecular flexibility index (Phi) is 4.19. The summed E-state index contributed by atoms with van der Waals surface area (Å²) in [5.41, 5.74) is 3.11. The number of nitrogens with one attached hydrogen (secondary N) is 2. The van der Waals surface area contributed by atoms with E-state index in [0.717, 1.165) is 16.8 Å². The second-order valence-electron chi connectivity index (χ2n) is 5.72. The number of urea groups is 1. The second-order valence-corrected chi connectivity index (χ2v) is 7.40. The zero-order valence-corrected chi connectivity index (χ0v) is 14.4. The number of carbonyl (C=O) groups is 1. The number of anilines is 2. The van der Waals surface area contributed by atoms with Crippen LogP contribution < -0.4 is 14.9 Å². The predicted octanol–water partition coefficient (Wildman–Crippen LogP) is 2.50. The Morgan fingerprint density at radius 2 is 1.96 bits per heavy atom. The normalized spacial score (nSPS) is 13.5. The fourth-order valence-corrected chi connectivity index (χ4v) is 3.91. The van der Waals surface area contributed by atoms with Gasteiger partial charge in [0, 0.05) is 25.0 Å². The van der Waals surface area contributed by atoms with Crippen LogP contribution in [0.1, 0.15) is 11.1 Å². The maximum atomic E-state index is 12.6. The molecule has 0 atom stereocenters. The maximum absolute atomic E-state index is 12.6. The summed E-state index contributed by atoms with van der Waals surface area (Å²) in [6.45, 7) is 2.45. The molecule has 0 aliphatic carbocycles. The molecule has 0 spiro atoms. The Bertz CT molecular complexity index is 894. The molecule has 0 unspecified atom stereocenters. The van der Waals surface area contributed by atoms with Crippen LogP contribution in [-0.4, -0.2) is 28.0 Å². The summed E-state index contributed by atoms with van der Waals surface area (Å²) in [5.74, 6) is 0. The molecule has 1 aliphatic rings. The molecule has 0 bridgehead atoms. The van der Waals surface area contributed by atoms with Gasteiger partial charge in [0.25, 0.3) is 10.0 Å². The summed E-state index contributed by atoms with van der Waals surface area (Å²) in [6.07, 6.45) is 0.635. The van der Waals surface area contributed by atoms with Gasteiger partial charge in [0.1, 0.15) is 0 Å². The lowest BCUT2D eigenvalue weighted by Crippen LogP contribution is -2.36. The summed E-state index contributed by atoms with van der Waals surface area (Å²) in [6, 6.07) is 11.8. The monoisotopic (exact) mass is 345 g/mol. The molecular formula is C17H19N3O3S. The van der Waals surface area contributed by atoms with Crippen LogP contribution in [0.2, 0.25) is 0 Å². The Morgan fingerprint density at radius 3 is 2.67 bits per heavy atom. The fraction of sp³-hybridized carbons (Fsp3) is 0.235. The number of amides is 2. The first-order valence-corrected chi connectivity index (χ1v) is 9.11. The topological polar surface area (TPSA) is 78.5 Å². The molecule has 1 heterocycles. The van der Waals surface area contributed by atoms with Gasteiger partial charge in [0.15, 0.2) is 0 Å². The van der Waals surface area contributed by atoms with Gasteiger partial charge in [0.05, 0.1) is 4.90 Å². The molecule has 2 aromatic rings. The molecule has 6 nitrogen and oxygen atoms in total. The summed E-state index contributed by atoms with van der Waals surface area (Å²) in [7, 11) is -2.09. The average Bonchev–Trinajstić information content (AvgIpc) is 2.97. The highest BCUT2D eigenvalue weighted by molar-refractivity contribution is 7.92. The smallest absolute Gasteiger partial charge is 0.321 e. The number of benzene rings is 2. The largest absolute Gasteiger partial charge is 0.341 e. The van der Waals surface area contributed by atoms with E-state index in [0.29, 0.717) is 18.7 Å². The van der Waals surface area contributed by atoms with Crippen LogP contribution in [-0.2, 0) is 16.4 Å². The molecule has 0 saturated heterocycles. The van der Waals surface area contributed by atoms with Crippen LogP contribution >= 0.6 is 0 Å². The molecule has 7 heteroatoms. The first-order valence-electron chi connectivity index (χ1n) is 7.62. The van der Waals surface area contributed by atoms with Crippen molar-refractivity contribution >= 4 is 27.4 Å². The van der Waals surface area contributed by atoms with Gasteiger partial charge in [-0.2, -0.15) is 0 Å². The van der Waals surface area contributed by atoms with E-state index < -0.39 is 10.0 Å². The minimum absolute atomic E-state index is 0.192. The highest BCUT2D eigenvalue weighted by atomic mass is 32.2. The van der Waals surface area contributed by atoms with Crippen LogP contribution in [0.4, 0.5) is 16.2 Å². The molecule has 1 aliphatic heterocycles. The van der Waals surface area contributed by atoms with Crippen molar-refractivity contribution in [1.82, 2.24) is 5.32 Å². The van der Waals surface area contributed by atoms with Crippen LogP contribution in [0.15, 0.2) is 47.4 Å². The minimum atomic E-state index is -3.66. The van der Waals surface area contributed by atoms with E-state index in [1.165, 1.54) is 6.07 Å². The first-order chi connectivity index (χ1) is 11.4. The quantitative estimate of drug-likeness (QED) is 0.897. The third-order valence-electron chi connectivity index (χ3n) is 3.99. The number of rotatable bonds is 3. The van der Waals surface area contributed by atoms with E-state index in [9.17, 15) is 13.2 Å². The van der Waals surface area contributed by atoms with E-state index in [1.807, 2.05) is 13.0 Å². The van der Waals surface area contributed by atoms with Crippen molar-refractivity contribution in [3.05, 3.63) is 53.6 Å². The molecule has 0 fully saturated rings. The van der Waals surface area contributed by atoms with Crippen molar-refractivity contribution < 1.29 is 13.2 Å². The Balaban J connectivity index is 1.89. The van der Waals surface area contributed by atoms with E-state index in [1.54, 1.807) is 42.3 Å². The lowest BCUT2D eigenvalue weighted by molar-refractivity contribution is 0.248. The molecule has 2 N–H and O–H groups in total. The maximum Gasteiger partial charge on any atom is 0.321 e. The molecule has 3 rings (SSSR count). The summed E-state index contributed by atoms with van der Waals surface area (Å²) < 4.78 is 27.8. The van der Waals surface area contributed by atoms with Crippen LogP contribution in [0.5, 0.6) is 0 Å². The van der Waals surface area contributed by atoms with E-state index >= 15 is 0 Å². The molecule has 0 saturated carbocycles. The Hall–Kier alpha value is -2.54. The van der Waals surface area contributed by atoms with Crippen molar-refractivity contribution in [3.63, 3.8) is 0 Å². The number of fused-ring (bicyclic) bond motifs is 1. The predicted molar refractivity (Wildman–Crippen MR) is 93.9 cm³/mol. The van der Waals surface area contributed by atoms with Gasteiger partial charge in [0.2, 0.25) is 0 Å². The van der Waals surface area contributed by atoms with Gasteiger partial charge < -0.3 is 5.32 Å². The van der Waals surface area contributed by atoms with Crippen molar-refractivity contribution in [2.75, 3.05) is 23.2 Å². The van der Waals surface area contributed by atoms with Gasteiger partial charge in [-0.1, -0.05) is 12.1 Å². The van der Waals surface area contributed by atoms with Crippen LogP contribution in [0.3, 0.4) is 0 Å². The SMILES string of the molecule is CNC(=O)N1CCc2cc(S(=O)(=O)Nc3cccc(C)c3)ccc21. The summed E-state index contributed by atoms with van der Waals surface area (Å²) in [4.78, 5) is 13.6. The van der Waals surface area contributed by atoms with E-state index in [4.69, 9.17) is 0 Å². The molecule has 24 heavy (non-hydrogen) atoms. The molecule has 2 amide bonds. The fourth-order valence-electron chi connectivity index (χ4n) is 2.81. The van der Waals surface area contributed by atoms with Crippen molar-refractivity contribution in [3.8, 4) is 0 Å². The second kappa shape index (κ2) is 6.16. The number of sulfonamides is 1. The summed E-state index contributed by atoms with van der Waals surface area (Å²) in [5, 5.41) is 2.59. The molecule has 2 aromatic carbocycles. The zero-order chi connectivity index (χ0) is 17.3. The van der Waals surface area contributed by atoms with Crippen LogP contribution in [0, 0.1) is 6.92 Å². The van der Waals surface area contributed by atoms with E-state index in [-0.39, 0.29) is 10.9 Å². The van der Waals surface area contributed by atoms with Gasteiger partial charge in [-0.3, -0.25) is 9.62 Å². The third-order valence-corrected chi connectivity index (χ3v) is 5.37. The molecule has 126 valence electrons.